The minimum atomic E-state index is -1.25. The Hall–Kier alpha value is -2.77. The predicted molar refractivity (Wildman–Crippen MR) is 87.4 cm³/mol. The first-order chi connectivity index (χ1) is 11.2. The van der Waals surface area contributed by atoms with E-state index >= 15 is 0 Å². The zero-order chi connectivity index (χ0) is 18.0. The van der Waals surface area contributed by atoms with Gasteiger partial charge in [-0.15, -0.1) is 5.46 Å². The van der Waals surface area contributed by atoms with Gasteiger partial charge < -0.3 is 15.5 Å². The number of pyridine rings is 1. The smallest absolute Gasteiger partial charge is 0.322 e. The van der Waals surface area contributed by atoms with Crippen molar-refractivity contribution in [3.8, 4) is 16.9 Å². The highest BCUT2D eigenvalue weighted by atomic mass is 19.1. The van der Waals surface area contributed by atoms with Gasteiger partial charge in [-0.25, -0.2) is 9.37 Å². The summed E-state index contributed by atoms with van der Waals surface area (Å²) in [5.41, 5.74) is -0.554. The molecular formula is C14H8B3FN2O4. The van der Waals surface area contributed by atoms with Gasteiger partial charge in [-0.1, -0.05) is 10.9 Å². The zero-order valence-electron chi connectivity index (χ0n) is 12.2. The summed E-state index contributed by atoms with van der Waals surface area (Å²) in [6.45, 7) is -0.637. The third kappa shape index (κ3) is 3.42. The number of rotatable bonds is 4. The highest BCUT2D eigenvalue weighted by Crippen LogP contribution is 2.22. The molecule has 1 aromatic carbocycles. The molecule has 1 heterocycles. The average Bonchev–Trinajstić information content (AvgIpc) is 2.51. The van der Waals surface area contributed by atoms with Gasteiger partial charge in [0.1, 0.15) is 41.7 Å². The van der Waals surface area contributed by atoms with Crippen molar-refractivity contribution in [1.82, 2.24) is 10.3 Å². The fraction of sp³-hybridized carbons (Fsp3) is 0.0714. The number of hydrogen-bond acceptors (Lipinski definition) is 4. The van der Waals surface area contributed by atoms with E-state index < -0.39 is 35.7 Å². The molecule has 2 rings (SSSR count). The molecule has 1 amide bonds. The van der Waals surface area contributed by atoms with E-state index in [9.17, 15) is 19.1 Å². The van der Waals surface area contributed by atoms with Gasteiger partial charge in [0, 0.05) is 11.8 Å². The first-order valence-electron chi connectivity index (χ1n) is 6.54. The van der Waals surface area contributed by atoms with Crippen molar-refractivity contribution >= 4 is 51.8 Å². The Morgan fingerprint density at radius 3 is 2.46 bits per heavy atom. The number of carbonyl (C=O) groups is 2. The molecule has 0 atom stereocenters. The van der Waals surface area contributed by atoms with Gasteiger partial charge in [-0.2, -0.15) is 0 Å². The second-order valence-electron chi connectivity index (χ2n) is 4.82. The number of carboxylic acids is 1. The largest absolute Gasteiger partial charge is 0.505 e. The van der Waals surface area contributed by atoms with Gasteiger partial charge in [-0.3, -0.25) is 9.59 Å². The summed E-state index contributed by atoms with van der Waals surface area (Å²) >= 11 is 0. The summed E-state index contributed by atoms with van der Waals surface area (Å²) in [6.07, 6.45) is 1.14. The van der Waals surface area contributed by atoms with Crippen LogP contribution in [0, 0.1) is 5.82 Å². The number of aromatic nitrogens is 1. The summed E-state index contributed by atoms with van der Waals surface area (Å²) < 4.78 is 13.7. The molecule has 0 fully saturated rings. The molecule has 0 saturated heterocycles. The molecule has 6 nitrogen and oxygen atoms in total. The maximum Gasteiger partial charge on any atom is 0.322 e. The SMILES string of the molecule is [B]c1cc(F)c([B])c(-c2cnc(C(=O)NCC(=O)O)c(O)c2)c1[B]. The van der Waals surface area contributed by atoms with Crippen LogP contribution in [0.1, 0.15) is 10.5 Å². The van der Waals surface area contributed by atoms with Crippen LogP contribution in [-0.2, 0) is 4.79 Å². The summed E-state index contributed by atoms with van der Waals surface area (Å²) in [6, 6.07) is 2.07. The number of nitrogens with zero attached hydrogens (tertiary/aromatic N) is 1. The molecule has 0 bridgehead atoms. The third-order valence-electron chi connectivity index (χ3n) is 3.16. The number of amides is 1. The molecule has 10 heteroatoms. The number of hydrogen-bond donors (Lipinski definition) is 3. The Morgan fingerprint density at radius 2 is 1.88 bits per heavy atom. The lowest BCUT2D eigenvalue weighted by molar-refractivity contribution is -0.135. The highest BCUT2D eigenvalue weighted by Gasteiger charge is 2.17. The topological polar surface area (TPSA) is 99.5 Å². The van der Waals surface area contributed by atoms with Crippen LogP contribution >= 0.6 is 0 Å². The maximum absolute atomic E-state index is 13.7. The predicted octanol–water partition coefficient (Wildman–Crippen LogP) is -2.21. The number of carbonyl (C=O) groups excluding carboxylic acids is 1. The number of nitrogens with one attached hydrogen (secondary N) is 1. The fourth-order valence-electron chi connectivity index (χ4n) is 2.02. The molecule has 0 unspecified atom stereocenters. The summed E-state index contributed by atoms with van der Waals surface area (Å²) in [4.78, 5) is 25.9. The summed E-state index contributed by atoms with van der Waals surface area (Å²) in [5.74, 6) is -3.49. The third-order valence-corrected chi connectivity index (χ3v) is 3.16. The standard InChI is InChI=1S/C14H8B3FN2O4/c15-6-2-7(18)12(17)10(11(6)16)5-1-8(21)13(19-3-5)14(24)20-4-9(22)23/h1-3,21H,4H2,(H,20,24)(H,22,23). The number of aromatic hydroxyl groups is 1. The molecule has 0 aliphatic heterocycles. The van der Waals surface area contributed by atoms with Crippen molar-refractivity contribution in [2.24, 2.45) is 0 Å². The first kappa shape index (κ1) is 17.6. The van der Waals surface area contributed by atoms with Crippen molar-refractivity contribution in [1.29, 1.82) is 0 Å². The molecule has 0 aliphatic carbocycles. The van der Waals surface area contributed by atoms with E-state index in [0.29, 0.717) is 0 Å². The van der Waals surface area contributed by atoms with Crippen LogP contribution in [0.15, 0.2) is 18.3 Å². The van der Waals surface area contributed by atoms with E-state index in [1.807, 2.05) is 5.32 Å². The minimum Gasteiger partial charge on any atom is -0.505 e. The van der Waals surface area contributed by atoms with Crippen LogP contribution in [0.5, 0.6) is 5.75 Å². The molecule has 3 N–H and O–H groups in total. The van der Waals surface area contributed by atoms with E-state index in [0.717, 1.165) is 18.3 Å². The van der Waals surface area contributed by atoms with Gasteiger partial charge in [0.25, 0.3) is 5.91 Å². The van der Waals surface area contributed by atoms with Crippen LogP contribution in [-0.4, -0.2) is 57.2 Å². The lowest BCUT2D eigenvalue weighted by atomic mass is 9.71. The average molecular weight is 320 g/mol. The molecule has 1 aromatic heterocycles. The summed E-state index contributed by atoms with van der Waals surface area (Å²) in [5, 5.41) is 20.5. The van der Waals surface area contributed by atoms with Gasteiger partial charge in [-0.05, 0) is 17.7 Å². The van der Waals surface area contributed by atoms with Crippen molar-refractivity contribution < 1.29 is 24.2 Å². The Kier molecular flexibility index (Phi) is 4.97. The molecule has 24 heavy (non-hydrogen) atoms. The van der Waals surface area contributed by atoms with Gasteiger partial charge >= 0.3 is 5.97 Å². The molecule has 114 valence electrons. The summed E-state index contributed by atoms with van der Waals surface area (Å²) in [7, 11) is 17.0. The van der Waals surface area contributed by atoms with E-state index in [1.54, 1.807) is 0 Å². The zero-order valence-corrected chi connectivity index (χ0v) is 12.2. The van der Waals surface area contributed by atoms with Crippen LogP contribution in [0.25, 0.3) is 11.1 Å². The van der Waals surface area contributed by atoms with Crippen molar-refractivity contribution in [2.45, 2.75) is 0 Å². The van der Waals surface area contributed by atoms with E-state index in [2.05, 4.69) is 4.98 Å². The second-order valence-corrected chi connectivity index (χ2v) is 4.82. The van der Waals surface area contributed by atoms with Crippen molar-refractivity contribution in [2.75, 3.05) is 6.54 Å². The Labute approximate surface area is 140 Å². The van der Waals surface area contributed by atoms with Gasteiger partial charge in [0.05, 0.1) is 0 Å². The van der Waals surface area contributed by atoms with E-state index in [1.165, 1.54) is 0 Å². The van der Waals surface area contributed by atoms with Gasteiger partial charge in [0.2, 0.25) is 0 Å². The minimum absolute atomic E-state index is 0.00169. The lowest BCUT2D eigenvalue weighted by Crippen LogP contribution is -2.35. The number of benzene rings is 1. The Bertz CT molecular complexity index is 819. The normalized spacial score (nSPS) is 10.4. The Balaban J connectivity index is 2.44. The fourth-order valence-corrected chi connectivity index (χ4v) is 2.02. The highest BCUT2D eigenvalue weighted by molar-refractivity contribution is 6.53. The monoisotopic (exact) mass is 320 g/mol. The molecule has 0 aliphatic rings. The van der Waals surface area contributed by atoms with E-state index in [4.69, 9.17) is 28.6 Å². The first-order valence-corrected chi connectivity index (χ1v) is 6.54. The number of halogens is 1. The molecular weight excluding hydrogens is 312 g/mol. The van der Waals surface area contributed by atoms with Gasteiger partial charge in [0.15, 0.2) is 5.69 Å². The Morgan fingerprint density at radius 1 is 1.21 bits per heavy atom. The van der Waals surface area contributed by atoms with Crippen LogP contribution < -0.4 is 21.7 Å². The van der Waals surface area contributed by atoms with Crippen LogP contribution in [0.4, 0.5) is 4.39 Å². The second kappa shape index (κ2) is 6.78. The molecule has 0 spiro atoms. The molecule has 0 saturated carbocycles. The molecule has 2 aromatic rings. The number of aliphatic carboxylic acids is 1. The van der Waals surface area contributed by atoms with E-state index in [-0.39, 0.29) is 27.5 Å². The van der Waals surface area contributed by atoms with Crippen LogP contribution in [0.3, 0.4) is 0 Å². The van der Waals surface area contributed by atoms with Crippen molar-refractivity contribution in [3.05, 3.63) is 29.8 Å². The van der Waals surface area contributed by atoms with Crippen LogP contribution in [0.2, 0.25) is 0 Å². The number of carboxylic acid groups (broad SMARTS) is 1. The van der Waals surface area contributed by atoms with Crippen molar-refractivity contribution in [3.63, 3.8) is 0 Å². The molecule has 6 radical (unpaired) electrons. The quantitative estimate of drug-likeness (QED) is 0.555. The lowest BCUT2D eigenvalue weighted by Gasteiger charge is -2.15. The maximum atomic E-state index is 13.7.